The van der Waals surface area contributed by atoms with E-state index >= 15 is 0 Å². The van der Waals surface area contributed by atoms with Gasteiger partial charge < -0.3 is 5.11 Å². The molecule has 1 aliphatic rings. The summed E-state index contributed by atoms with van der Waals surface area (Å²) in [5.41, 5.74) is 2.00. The fourth-order valence-corrected chi connectivity index (χ4v) is 2.30. The number of hydrogen-bond acceptors (Lipinski definition) is 3. The lowest BCUT2D eigenvalue weighted by atomic mass is 10.1. The molecule has 102 valence electrons. The maximum absolute atomic E-state index is 12.2. The summed E-state index contributed by atoms with van der Waals surface area (Å²) in [7, 11) is 0. The Morgan fingerprint density at radius 1 is 1.21 bits per heavy atom. The number of amides is 2. The molecule has 2 amide bonds. The van der Waals surface area contributed by atoms with Crippen molar-refractivity contribution in [2.75, 3.05) is 13.2 Å². The zero-order valence-electron chi connectivity index (χ0n) is 11.3. The lowest BCUT2D eigenvalue weighted by molar-refractivity contribution is 0.0648. The van der Waals surface area contributed by atoms with Crippen LogP contribution in [-0.2, 0) is 0 Å². The Morgan fingerprint density at radius 3 is 2.58 bits per heavy atom. The summed E-state index contributed by atoms with van der Waals surface area (Å²) < 4.78 is 0. The average molecular weight is 261 g/mol. The second kappa shape index (κ2) is 5.53. The number of carbonyl (C=O) groups is 2. The molecule has 0 fully saturated rings. The van der Waals surface area contributed by atoms with Crippen LogP contribution in [0, 0.1) is 12.8 Å². The Hall–Kier alpha value is -1.68. The van der Waals surface area contributed by atoms with Gasteiger partial charge in [0.1, 0.15) is 0 Å². The highest BCUT2D eigenvalue weighted by molar-refractivity contribution is 6.21. The van der Waals surface area contributed by atoms with Crippen LogP contribution >= 0.6 is 0 Å². The van der Waals surface area contributed by atoms with Crippen molar-refractivity contribution >= 4 is 11.8 Å². The molecular formula is C15H19NO3. The van der Waals surface area contributed by atoms with Crippen molar-refractivity contribution < 1.29 is 14.7 Å². The summed E-state index contributed by atoms with van der Waals surface area (Å²) in [6.07, 6.45) is 1.54. The van der Waals surface area contributed by atoms with Crippen LogP contribution in [0.5, 0.6) is 0 Å². The predicted octanol–water partition coefficient (Wildman–Crippen LogP) is 2.00. The predicted molar refractivity (Wildman–Crippen MR) is 72.0 cm³/mol. The van der Waals surface area contributed by atoms with E-state index < -0.39 is 0 Å². The molecule has 0 spiro atoms. The van der Waals surface area contributed by atoms with E-state index in [2.05, 4.69) is 0 Å². The van der Waals surface area contributed by atoms with E-state index in [0.29, 0.717) is 17.7 Å². The molecule has 0 aliphatic carbocycles. The molecular weight excluding hydrogens is 242 g/mol. The van der Waals surface area contributed by atoms with Gasteiger partial charge in [-0.1, -0.05) is 18.6 Å². The monoisotopic (exact) mass is 261 g/mol. The maximum atomic E-state index is 12.2. The molecule has 1 aromatic rings. The molecule has 0 bridgehead atoms. The minimum absolute atomic E-state index is 0.140. The summed E-state index contributed by atoms with van der Waals surface area (Å²) in [6, 6.07) is 5.34. The third-order valence-electron chi connectivity index (χ3n) is 3.52. The number of aryl methyl sites for hydroxylation is 1. The first kappa shape index (κ1) is 13.7. The first-order chi connectivity index (χ1) is 9.04. The number of nitrogens with zero attached hydrogens (tertiary/aromatic N) is 1. The molecule has 0 radical (unpaired) electrons. The fourth-order valence-electron chi connectivity index (χ4n) is 2.30. The van der Waals surface area contributed by atoms with Crippen molar-refractivity contribution in [1.29, 1.82) is 0 Å². The molecule has 19 heavy (non-hydrogen) atoms. The average Bonchev–Trinajstić information content (AvgIpc) is 2.63. The Labute approximate surface area is 113 Å². The molecule has 0 aromatic heterocycles. The first-order valence-electron chi connectivity index (χ1n) is 6.62. The van der Waals surface area contributed by atoms with Gasteiger partial charge in [-0.15, -0.1) is 0 Å². The molecule has 1 heterocycles. The molecule has 1 aliphatic heterocycles. The van der Waals surface area contributed by atoms with Gasteiger partial charge in [0.25, 0.3) is 11.8 Å². The second-order valence-corrected chi connectivity index (χ2v) is 5.24. The van der Waals surface area contributed by atoms with E-state index in [1.807, 2.05) is 19.9 Å². The number of rotatable bonds is 5. The van der Waals surface area contributed by atoms with Gasteiger partial charge in [0.2, 0.25) is 0 Å². The van der Waals surface area contributed by atoms with Gasteiger partial charge in [-0.3, -0.25) is 14.5 Å². The fraction of sp³-hybridized carbons (Fsp3) is 0.467. The quantitative estimate of drug-likeness (QED) is 0.825. The summed E-state index contributed by atoms with van der Waals surface area (Å²) in [5.74, 6) is -0.186. The molecule has 4 nitrogen and oxygen atoms in total. The van der Waals surface area contributed by atoms with Gasteiger partial charge in [-0.25, -0.2) is 0 Å². The van der Waals surface area contributed by atoms with Gasteiger partial charge in [-0.05, 0) is 37.8 Å². The van der Waals surface area contributed by atoms with Crippen LogP contribution in [-0.4, -0.2) is 35.0 Å². The minimum atomic E-state index is -0.198. The van der Waals surface area contributed by atoms with Gasteiger partial charge in [0, 0.05) is 13.2 Å². The summed E-state index contributed by atoms with van der Waals surface area (Å²) in [6.45, 7) is 4.42. The smallest absolute Gasteiger partial charge is 0.261 e. The van der Waals surface area contributed by atoms with Crippen molar-refractivity contribution in [3.8, 4) is 0 Å². The van der Waals surface area contributed by atoms with Gasteiger partial charge >= 0.3 is 0 Å². The Morgan fingerprint density at radius 2 is 1.89 bits per heavy atom. The summed E-state index contributed by atoms with van der Waals surface area (Å²) in [4.78, 5) is 25.6. The number of aliphatic hydroxyl groups excluding tert-OH is 1. The number of benzene rings is 1. The van der Waals surface area contributed by atoms with E-state index in [0.717, 1.165) is 18.4 Å². The first-order valence-corrected chi connectivity index (χ1v) is 6.62. The minimum Gasteiger partial charge on any atom is -0.396 e. The highest BCUT2D eigenvalue weighted by Gasteiger charge is 2.34. The van der Waals surface area contributed by atoms with E-state index in [-0.39, 0.29) is 24.3 Å². The number of hydrogen-bond donors (Lipinski definition) is 1. The zero-order valence-corrected chi connectivity index (χ0v) is 11.3. The van der Waals surface area contributed by atoms with Crippen LogP contribution < -0.4 is 0 Å². The van der Waals surface area contributed by atoms with E-state index in [1.165, 1.54) is 4.90 Å². The number of imide groups is 1. The highest BCUT2D eigenvalue weighted by atomic mass is 16.3. The molecule has 1 aromatic carbocycles. The molecule has 0 saturated heterocycles. The third kappa shape index (κ3) is 2.68. The highest BCUT2D eigenvalue weighted by Crippen LogP contribution is 2.24. The van der Waals surface area contributed by atoms with Crippen molar-refractivity contribution in [1.82, 2.24) is 4.90 Å². The van der Waals surface area contributed by atoms with Crippen molar-refractivity contribution in [2.24, 2.45) is 5.92 Å². The van der Waals surface area contributed by atoms with E-state index in [1.54, 1.807) is 12.1 Å². The Bertz CT molecular complexity index is 510. The SMILES string of the molecule is Cc1ccc2c(c1)C(=O)N(CCCC(C)CO)C2=O. The van der Waals surface area contributed by atoms with Gasteiger partial charge in [0.05, 0.1) is 11.1 Å². The lowest BCUT2D eigenvalue weighted by Gasteiger charge is -2.14. The van der Waals surface area contributed by atoms with Crippen LogP contribution in [0.2, 0.25) is 0 Å². The van der Waals surface area contributed by atoms with Crippen LogP contribution in [0.15, 0.2) is 18.2 Å². The van der Waals surface area contributed by atoms with Crippen molar-refractivity contribution in [3.63, 3.8) is 0 Å². The number of aliphatic hydroxyl groups is 1. The third-order valence-corrected chi connectivity index (χ3v) is 3.52. The Balaban J connectivity index is 2.06. The largest absolute Gasteiger partial charge is 0.396 e. The molecule has 1 unspecified atom stereocenters. The van der Waals surface area contributed by atoms with Crippen LogP contribution in [0.3, 0.4) is 0 Å². The maximum Gasteiger partial charge on any atom is 0.261 e. The van der Waals surface area contributed by atoms with Crippen molar-refractivity contribution in [3.05, 3.63) is 34.9 Å². The molecule has 2 rings (SSSR count). The standard InChI is InChI=1S/C15H19NO3/c1-10-5-6-12-13(8-10)15(19)16(14(12)18)7-3-4-11(2)9-17/h5-6,8,11,17H,3-4,7,9H2,1-2H3. The van der Waals surface area contributed by atoms with Crippen LogP contribution in [0.25, 0.3) is 0 Å². The van der Waals surface area contributed by atoms with Crippen LogP contribution in [0.4, 0.5) is 0 Å². The summed E-state index contributed by atoms with van der Waals surface area (Å²) in [5, 5.41) is 8.96. The van der Waals surface area contributed by atoms with Crippen molar-refractivity contribution in [2.45, 2.75) is 26.7 Å². The molecule has 0 saturated carbocycles. The molecule has 1 atom stereocenters. The lowest BCUT2D eigenvalue weighted by Crippen LogP contribution is -2.31. The van der Waals surface area contributed by atoms with E-state index in [4.69, 9.17) is 5.11 Å². The van der Waals surface area contributed by atoms with Gasteiger partial charge in [-0.2, -0.15) is 0 Å². The normalized spacial score (nSPS) is 15.8. The zero-order chi connectivity index (χ0) is 14.0. The number of fused-ring (bicyclic) bond motifs is 1. The second-order valence-electron chi connectivity index (χ2n) is 5.24. The summed E-state index contributed by atoms with van der Waals surface area (Å²) >= 11 is 0. The van der Waals surface area contributed by atoms with Crippen LogP contribution in [0.1, 0.15) is 46.0 Å². The number of carbonyl (C=O) groups excluding carboxylic acids is 2. The topological polar surface area (TPSA) is 57.6 Å². The molecule has 4 heteroatoms. The van der Waals surface area contributed by atoms with Gasteiger partial charge in [0.15, 0.2) is 0 Å². The Kier molecular flexibility index (Phi) is 4.00. The van der Waals surface area contributed by atoms with E-state index in [9.17, 15) is 9.59 Å². The molecule has 1 N–H and O–H groups in total.